The molecule has 0 aliphatic heterocycles. The van der Waals surface area contributed by atoms with Gasteiger partial charge in [0.05, 0.1) is 27.3 Å². The number of pyridine rings is 2. The van der Waals surface area contributed by atoms with Gasteiger partial charge in [0.1, 0.15) is 6.04 Å². The monoisotopic (exact) mass is 565 g/mol. The van der Waals surface area contributed by atoms with E-state index in [4.69, 9.17) is 11.6 Å². The van der Waals surface area contributed by atoms with Gasteiger partial charge >= 0.3 is 0 Å². The van der Waals surface area contributed by atoms with E-state index < -0.39 is 6.04 Å². The summed E-state index contributed by atoms with van der Waals surface area (Å²) in [6, 6.07) is 9.18. The second kappa shape index (κ2) is 12.5. The molecule has 3 aromatic rings. The summed E-state index contributed by atoms with van der Waals surface area (Å²) in [5, 5.41) is 10.3. The van der Waals surface area contributed by atoms with Crippen molar-refractivity contribution >= 4 is 40.4 Å². The highest BCUT2D eigenvalue weighted by molar-refractivity contribution is 7.14. The van der Waals surface area contributed by atoms with Crippen molar-refractivity contribution in [2.24, 2.45) is 5.92 Å². The van der Waals surface area contributed by atoms with Crippen LogP contribution in [0.15, 0.2) is 42.7 Å². The van der Waals surface area contributed by atoms with Crippen molar-refractivity contribution < 1.29 is 9.59 Å². The second-order valence-electron chi connectivity index (χ2n) is 10.8. The third-order valence-electron chi connectivity index (χ3n) is 7.90. The van der Waals surface area contributed by atoms with Crippen molar-refractivity contribution in [1.82, 2.24) is 20.6 Å². The summed E-state index contributed by atoms with van der Waals surface area (Å²) >= 11 is 7.56. The zero-order valence-electron chi connectivity index (χ0n) is 22.5. The number of carbonyl (C=O) groups is 2. The molecule has 3 aromatic heterocycles. The van der Waals surface area contributed by atoms with Crippen LogP contribution in [0, 0.1) is 12.8 Å². The molecule has 0 bridgehead atoms. The number of amides is 2. The minimum Gasteiger partial charge on any atom is -0.376 e. The van der Waals surface area contributed by atoms with Crippen LogP contribution in [0.5, 0.6) is 0 Å². The number of thiophene rings is 1. The summed E-state index contributed by atoms with van der Waals surface area (Å²) in [4.78, 5) is 37.2. The van der Waals surface area contributed by atoms with Gasteiger partial charge in [0.15, 0.2) is 0 Å². The molecule has 1 fully saturated rings. The van der Waals surface area contributed by atoms with Gasteiger partial charge in [-0.2, -0.15) is 0 Å². The maximum absolute atomic E-state index is 13.5. The molecule has 0 aromatic carbocycles. The molecule has 9 heteroatoms. The van der Waals surface area contributed by atoms with E-state index in [2.05, 4.69) is 32.0 Å². The lowest BCUT2D eigenvalue weighted by Gasteiger charge is -2.28. The Morgan fingerprint density at radius 3 is 2.79 bits per heavy atom. The standard InChI is InChI=1S/C30H36ClN5O2S/c1-18-25(16-22(31)17-33-18)34-19(2)27-11-12-28(39-27)30(38)36-26(14-20-6-3-4-7-20)29(37)35-23-9-10-24-21(15-23)8-5-13-32-24/h5,8,11-13,16-17,19-20,23,26,34H,3-4,6-7,9-10,14-15H2,1-2H3,(H,35,37)(H,36,38)/t19-,23?,26-/m0/s1. The van der Waals surface area contributed by atoms with Crippen molar-refractivity contribution in [2.75, 3.05) is 5.32 Å². The molecule has 0 radical (unpaired) electrons. The van der Waals surface area contributed by atoms with E-state index in [9.17, 15) is 9.59 Å². The third-order valence-corrected chi connectivity index (χ3v) is 9.37. The minimum absolute atomic E-state index is 0.0308. The Balaban J connectivity index is 1.24. The van der Waals surface area contributed by atoms with Crippen LogP contribution in [0.3, 0.4) is 0 Å². The molecule has 7 nitrogen and oxygen atoms in total. The topological polar surface area (TPSA) is 96.0 Å². The number of anilines is 1. The van der Waals surface area contributed by atoms with Crippen molar-refractivity contribution in [3.05, 3.63) is 74.5 Å². The first-order valence-electron chi connectivity index (χ1n) is 13.9. The van der Waals surface area contributed by atoms with E-state index in [-0.39, 0.29) is 23.9 Å². The van der Waals surface area contributed by atoms with Crippen molar-refractivity contribution in [3.63, 3.8) is 0 Å². The number of aryl methyl sites for hydroxylation is 2. The van der Waals surface area contributed by atoms with Crippen LogP contribution in [-0.2, 0) is 17.6 Å². The summed E-state index contributed by atoms with van der Waals surface area (Å²) in [7, 11) is 0. The van der Waals surface area contributed by atoms with Crippen LogP contribution in [-0.4, -0.2) is 33.9 Å². The zero-order valence-corrected chi connectivity index (χ0v) is 24.1. The molecule has 1 saturated carbocycles. The SMILES string of the molecule is Cc1ncc(Cl)cc1N[C@@H](C)c1ccc(C(=O)N[C@@H](CC2CCCC2)C(=O)NC2CCc3ncccc3C2)s1. The highest BCUT2D eigenvalue weighted by Crippen LogP contribution is 2.30. The number of halogens is 1. The smallest absolute Gasteiger partial charge is 0.262 e. The average molecular weight is 566 g/mol. The lowest BCUT2D eigenvalue weighted by molar-refractivity contribution is -0.124. The molecule has 3 atom stereocenters. The fraction of sp³-hybridized carbons (Fsp3) is 0.467. The van der Waals surface area contributed by atoms with Gasteiger partial charge in [0.25, 0.3) is 5.91 Å². The van der Waals surface area contributed by atoms with E-state index >= 15 is 0 Å². The number of fused-ring (bicyclic) bond motifs is 1. The van der Waals surface area contributed by atoms with Gasteiger partial charge in [-0.1, -0.05) is 43.4 Å². The van der Waals surface area contributed by atoms with E-state index in [0.29, 0.717) is 22.2 Å². The molecule has 5 rings (SSSR count). The van der Waals surface area contributed by atoms with Gasteiger partial charge < -0.3 is 16.0 Å². The Kier molecular flexibility index (Phi) is 8.82. The molecule has 0 spiro atoms. The van der Waals surface area contributed by atoms with Crippen LogP contribution in [0.2, 0.25) is 5.02 Å². The fourth-order valence-electron chi connectivity index (χ4n) is 5.69. The van der Waals surface area contributed by atoms with Gasteiger partial charge in [-0.15, -0.1) is 11.3 Å². The number of carbonyl (C=O) groups excluding carboxylic acids is 2. The van der Waals surface area contributed by atoms with Gasteiger partial charge in [0.2, 0.25) is 5.91 Å². The summed E-state index contributed by atoms with van der Waals surface area (Å²) in [6.45, 7) is 3.97. The van der Waals surface area contributed by atoms with Crippen LogP contribution in [0.1, 0.15) is 83.0 Å². The van der Waals surface area contributed by atoms with Crippen molar-refractivity contribution in [1.29, 1.82) is 0 Å². The highest BCUT2D eigenvalue weighted by atomic mass is 35.5. The fourth-order valence-corrected chi connectivity index (χ4v) is 6.76. The molecule has 1 unspecified atom stereocenters. The third kappa shape index (κ3) is 6.97. The summed E-state index contributed by atoms with van der Waals surface area (Å²) in [5.74, 6) is 0.189. The van der Waals surface area contributed by atoms with Crippen molar-refractivity contribution in [2.45, 2.75) is 83.3 Å². The number of hydrogen-bond acceptors (Lipinski definition) is 6. The number of hydrogen-bond donors (Lipinski definition) is 3. The van der Waals surface area contributed by atoms with E-state index in [1.165, 1.54) is 29.7 Å². The second-order valence-corrected chi connectivity index (χ2v) is 12.4. The Morgan fingerprint density at radius 1 is 1.15 bits per heavy atom. The molecule has 2 aliphatic rings. The molecule has 39 heavy (non-hydrogen) atoms. The predicted molar refractivity (Wildman–Crippen MR) is 156 cm³/mol. The van der Waals surface area contributed by atoms with Gasteiger partial charge in [-0.25, -0.2) is 0 Å². The average Bonchev–Trinajstić information content (AvgIpc) is 3.63. The van der Waals surface area contributed by atoms with Crippen LogP contribution in [0.4, 0.5) is 5.69 Å². The highest BCUT2D eigenvalue weighted by Gasteiger charge is 2.30. The normalized spacial score (nSPS) is 18.7. The first-order chi connectivity index (χ1) is 18.9. The van der Waals surface area contributed by atoms with E-state index in [1.807, 2.05) is 44.3 Å². The van der Waals surface area contributed by atoms with Crippen molar-refractivity contribution in [3.8, 4) is 0 Å². The lowest BCUT2D eigenvalue weighted by Crippen LogP contribution is -2.51. The summed E-state index contributed by atoms with van der Waals surface area (Å²) in [6.07, 6.45) is 11.3. The van der Waals surface area contributed by atoms with E-state index in [0.717, 1.165) is 54.1 Å². The maximum atomic E-state index is 13.5. The first-order valence-corrected chi connectivity index (χ1v) is 15.1. The Bertz CT molecular complexity index is 1320. The number of nitrogens with one attached hydrogen (secondary N) is 3. The summed E-state index contributed by atoms with van der Waals surface area (Å²) < 4.78 is 0. The molecular weight excluding hydrogens is 530 g/mol. The van der Waals surface area contributed by atoms with Gasteiger partial charge in [-0.05, 0) is 75.3 Å². The van der Waals surface area contributed by atoms with Gasteiger partial charge in [0, 0.05) is 29.0 Å². The number of nitrogens with zero attached hydrogens (tertiary/aromatic N) is 2. The Morgan fingerprint density at radius 2 is 1.97 bits per heavy atom. The zero-order chi connectivity index (χ0) is 27.4. The molecule has 206 valence electrons. The molecular formula is C30H36ClN5O2S. The van der Waals surface area contributed by atoms with Crippen LogP contribution >= 0.6 is 22.9 Å². The first kappa shape index (κ1) is 27.6. The molecule has 2 aliphatic carbocycles. The molecule has 3 heterocycles. The molecule has 0 saturated heterocycles. The maximum Gasteiger partial charge on any atom is 0.262 e. The van der Waals surface area contributed by atoms with E-state index in [1.54, 1.807) is 6.20 Å². The van der Waals surface area contributed by atoms with Crippen LogP contribution < -0.4 is 16.0 Å². The number of aromatic nitrogens is 2. The largest absolute Gasteiger partial charge is 0.376 e. The minimum atomic E-state index is -0.544. The quantitative estimate of drug-likeness (QED) is 0.294. The lowest BCUT2D eigenvalue weighted by atomic mass is 9.91. The van der Waals surface area contributed by atoms with Gasteiger partial charge in [-0.3, -0.25) is 19.6 Å². The Hall–Kier alpha value is -2.97. The van der Waals surface area contributed by atoms with Crippen LogP contribution in [0.25, 0.3) is 0 Å². The molecule has 2 amide bonds. The molecule has 3 N–H and O–H groups in total. The number of rotatable bonds is 9. The predicted octanol–water partition coefficient (Wildman–Crippen LogP) is 6.03. The summed E-state index contributed by atoms with van der Waals surface area (Å²) in [5.41, 5.74) is 4.05. The Labute approximate surface area is 239 Å².